The topological polar surface area (TPSA) is 167 Å². The van der Waals surface area contributed by atoms with Gasteiger partial charge in [-0.15, -0.1) is 0 Å². The lowest BCUT2D eigenvalue weighted by Gasteiger charge is -2.20. The molecule has 23 heavy (non-hydrogen) atoms. The van der Waals surface area contributed by atoms with Crippen LogP contribution in [0.25, 0.3) is 0 Å². The van der Waals surface area contributed by atoms with Gasteiger partial charge in [0.15, 0.2) is 0 Å². The Morgan fingerprint density at radius 3 is 2.26 bits per heavy atom. The zero-order valence-electron chi connectivity index (χ0n) is 12.1. The molecule has 9 nitrogen and oxygen atoms in total. The zero-order valence-corrected chi connectivity index (χ0v) is 13.8. The minimum atomic E-state index is -4.03. The van der Waals surface area contributed by atoms with E-state index in [4.69, 9.17) is 16.0 Å². The number of benzene rings is 1. The Balaban J connectivity index is 2.78. The van der Waals surface area contributed by atoms with E-state index in [0.29, 0.717) is 11.1 Å². The summed E-state index contributed by atoms with van der Waals surface area (Å²) in [6.45, 7) is -0.204. The maximum absolute atomic E-state index is 11.6. The van der Waals surface area contributed by atoms with E-state index in [0.717, 1.165) is 4.31 Å². The second-order valence-corrected chi connectivity index (χ2v) is 7.32. The van der Waals surface area contributed by atoms with Gasteiger partial charge in [-0.3, -0.25) is 9.00 Å². The van der Waals surface area contributed by atoms with Crippen LogP contribution < -0.4 is 10.9 Å². The van der Waals surface area contributed by atoms with Crippen LogP contribution in [0, 0.1) is 0 Å². The predicted molar refractivity (Wildman–Crippen MR) is 82.8 cm³/mol. The Hall–Kier alpha value is -1.37. The highest BCUT2D eigenvalue weighted by molar-refractivity contribution is 7.86. The summed E-state index contributed by atoms with van der Waals surface area (Å²) < 4.78 is 45.2. The van der Waals surface area contributed by atoms with Gasteiger partial charge in [-0.1, -0.05) is 35.3 Å². The molecular formula is C12H18N3O6S2-. The molecule has 1 aromatic carbocycles. The minimum Gasteiger partial charge on any atom is -0.772 e. The average molecular weight is 364 g/mol. The molecule has 0 radical (unpaired) electrons. The first kappa shape index (κ1) is 19.7. The second-order valence-electron chi connectivity index (χ2n) is 4.88. The van der Waals surface area contributed by atoms with E-state index in [1.54, 1.807) is 24.3 Å². The van der Waals surface area contributed by atoms with Crippen LogP contribution in [0.1, 0.15) is 17.5 Å². The Morgan fingerprint density at radius 1 is 1.30 bits per heavy atom. The summed E-state index contributed by atoms with van der Waals surface area (Å²) >= 11 is -2.21. The molecule has 0 aliphatic rings. The number of hydrogen-bond acceptors (Lipinski definition) is 6. The molecule has 1 rings (SSSR count). The number of carboxylic acids is 1. The van der Waals surface area contributed by atoms with Crippen LogP contribution in [0.2, 0.25) is 0 Å². The number of nitrogens with two attached hydrogens (primary N) is 2. The number of carbonyl (C=O) groups is 1. The molecule has 0 saturated carbocycles. The summed E-state index contributed by atoms with van der Waals surface area (Å²) in [5.41, 5.74) is 6.50. The van der Waals surface area contributed by atoms with Gasteiger partial charge in [0, 0.05) is 18.8 Å². The van der Waals surface area contributed by atoms with E-state index in [-0.39, 0.29) is 25.3 Å². The molecule has 0 aliphatic carbocycles. The van der Waals surface area contributed by atoms with Gasteiger partial charge in [0.05, 0.1) is 0 Å². The van der Waals surface area contributed by atoms with Crippen molar-refractivity contribution in [1.29, 1.82) is 0 Å². The maximum Gasteiger partial charge on any atom is 0.320 e. The van der Waals surface area contributed by atoms with Crippen LogP contribution in [0.15, 0.2) is 24.3 Å². The van der Waals surface area contributed by atoms with Crippen molar-refractivity contribution in [3.8, 4) is 0 Å². The van der Waals surface area contributed by atoms with Crippen LogP contribution in [-0.2, 0) is 38.4 Å². The first-order valence-corrected chi connectivity index (χ1v) is 9.24. The first-order valence-electron chi connectivity index (χ1n) is 6.49. The largest absolute Gasteiger partial charge is 0.772 e. The number of hydrogen-bond donors (Lipinski definition) is 3. The van der Waals surface area contributed by atoms with Gasteiger partial charge in [0.25, 0.3) is 10.2 Å². The molecule has 0 bridgehead atoms. The molecule has 0 amide bonds. The summed E-state index contributed by atoms with van der Waals surface area (Å²) in [5.74, 6) is -1.36. The van der Waals surface area contributed by atoms with Crippen molar-refractivity contribution in [2.24, 2.45) is 10.9 Å². The van der Waals surface area contributed by atoms with Crippen molar-refractivity contribution in [3.05, 3.63) is 35.4 Å². The molecule has 0 fully saturated rings. The number of carboxylic acid groups (broad SMARTS) is 1. The monoisotopic (exact) mass is 364 g/mol. The normalized spacial score (nSPS) is 14.6. The second kappa shape index (κ2) is 8.47. The Labute approximate surface area is 136 Å². The molecule has 11 heteroatoms. The molecule has 5 N–H and O–H groups in total. The summed E-state index contributed by atoms with van der Waals surface area (Å²) in [4.78, 5) is 10.7. The minimum absolute atomic E-state index is 0.0636. The maximum atomic E-state index is 11.6. The first-order chi connectivity index (χ1) is 10.6. The van der Waals surface area contributed by atoms with Crippen molar-refractivity contribution in [3.63, 3.8) is 0 Å². The molecule has 1 unspecified atom stereocenters. The fraction of sp³-hybridized carbons (Fsp3) is 0.417. The van der Waals surface area contributed by atoms with E-state index >= 15 is 0 Å². The van der Waals surface area contributed by atoms with Crippen LogP contribution in [0.3, 0.4) is 0 Å². The third kappa shape index (κ3) is 7.16. The van der Waals surface area contributed by atoms with E-state index in [9.17, 15) is 22.0 Å². The molecular weight excluding hydrogens is 346 g/mol. The summed E-state index contributed by atoms with van der Waals surface area (Å²) in [5, 5.41) is 13.8. The molecule has 1 aromatic rings. The van der Waals surface area contributed by atoms with Crippen LogP contribution >= 0.6 is 0 Å². The van der Waals surface area contributed by atoms with E-state index < -0.39 is 33.3 Å². The lowest BCUT2D eigenvalue weighted by atomic mass is 10.1. The standard InChI is InChI=1S/C12H19N3O6S2/c13-11(12(16)17)5-6-15(23(14,20)21)7-9-1-3-10(4-2-9)8-22(18)19/h1-4,11H,5-8,13H2,(H,16,17)(H,18,19)(H2,14,20,21)/p-1/t11-/m0/s1. The molecule has 2 atom stereocenters. The van der Waals surface area contributed by atoms with Crippen LogP contribution in [0.4, 0.5) is 0 Å². The summed E-state index contributed by atoms with van der Waals surface area (Å²) in [6, 6.07) is 5.11. The van der Waals surface area contributed by atoms with Gasteiger partial charge in [-0.25, -0.2) is 5.14 Å². The van der Waals surface area contributed by atoms with Gasteiger partial charge in [-0.05, 0) is 17.5 Å². The Kier molecular flexibility index (Phi) is 7.25. The Bertz CT molecular complexity index is 662. The highest BCUT2D eigenvalue weighted by Crippen LogP contribution is 2.11. The van der Waals surface area contributed by atoms with Crippen molar-refractivity contribution in [1.82, 2.24) is 4.31 Å². The van der Waals surface area contributed by atoms with Gasteiger partial charge >= 0.3 is 5.97 Å². The summed E-state index contributed by atoms with van der Waals surface area (Å²) in [7, 11) is -4.03. The highest BCUT2D eigenvalue weighted by Gasteiger charge is 2.20. The van der Waals surface area contributed by atoms with Gasteiger partial charge in [-0.2, -0.15) is 12.7 Å². The lowest BCUT2D eigenvalue weighted by molar-refractivity contribution is -0.138. The number of nitrogens with zero attached hydrogens (tertiary/aromatic N) is 1. The number of rotatable bonds is 9. The van der Waals surface area contributed by atoms with E-state index in [2.05, 4.69) is 0 Å². The predicted octanol–water partition coefficient (Wildman–Crippen LogP) is -1.13. The highest BCUT2D eigenvalue weighted by atomic mass is 32.2. The average Bonchev–Trinajstić information content (AvgIpc) is 2.42. The zero-order chi connectivity index (χ0) is 17.6. The van der Waals surface area contributed by atoms with Gasteiger partial charge in [0.1, 0.15) is 6.04 Å². The SMILES string of the molecule is N[C@@H](CCN(Cc1ccc(CS(=O)[O-])cc1)S(N)(=O)=O)C(=O)O. The Morgan fingerprint density at radius 2 is 1.83 bits per heavy atom. The number of aliphatic carboxylic acids is 1. The fourth-order valence-corrected chi connectivity index (χ4v) is 2.94. The molecule has 0 saturated heterocycles. The molecule has 130 valence electrons. The van der Waals surface area contributed by atoms with Crippen molar-refractivity contribution < 1.29 is 27.1 Å². The third-order valence-corrected chi connectivity index (χ3v) is 4.63. The molecule has 0 spiro atoms. The van der Waals surface area contributed by atoms with E-state index in [1.165, 1.54) is 0 Å². The van der Waals surface area contributed by atoms with E-state index in [1.807, 2.05) is 0 Å². The van der Waals surface area contributed by atoms with Crippen molar-refractivity contribution in [2.75, 3.05) is 6.54 Å². The van der Waals surface area contributed by atoms with Crippen LogP contribution in [-0.4, -0.2) is 45.1 Å². The lowest BCUT2D eigenvalue weighted by Crippen LogP contribution is -2.40. The fourth-order valence-electron chi connectivity index (χ4n) is 1.78. The summed E-state index contributed by atoms with van der Waals surface area (Å²) in [6.07, 6.45) is -0.0843. The molecule has 0 aromatic heterocycles. The van der Waals surface area contributed by atoms with Crippen LogP contribution in [0.5, 0.6) is 0 Å². The molecule has 0 heterocycles. The molecule has 0 aliphatic heterocycles. The van der Waals surface area contributed by atoms with Crippen molar-refractivity contribution in [2.45, 2.75) is 24.8 Å². The van der Waals surface area contributed by atoms with Gasteiger partial charge < -0.3 is 15.4 Å². The quantitative estimate of drug-likeness (QED) is 0.466. The third-order valence-electron chi connectivity index (χ3n) is 3.03. The van der Waals surface area contributed by atoms with Gasteiger partial charge in [0.2, 0.25) is 0 Å². The van der Waals surface area contributed by atoms with Crippen molar-refractivity contribution >= 4 is 27.3 Å². The smallest absolute Gasteiger partial charge is 0.320 e.